The summed E-state index contributed by atoms with van der Waals surface area (Å²) in [6.45, 7) is 10.1. The van der Waals surface area contributed by atoms with Crippen LogP contribution in [0.2, 0.25) is 0 Å². The Kier molecular flexibility index (Phi) is 9.02. The van der Waals surface area contributed by atoms with Crippen LogP contribution in [0.15, 0.2) is 48.5 Å². The molecule has 7 nitrogen and oxygen atoms in total. The van der Waals surface area contributed by atoms with Gasteiger partial charge in [-0.15, -0.1) is 0 Å². The van der Waals surface area contributed by atoms with Crippen molar-refractivity contribution in [2.75, 3.05) is 44.8 Å². The summed E-state index contributed by atoms with van der Waals surface area (Å²) in [5.74, 6) is 0.590. The zero-order valence-corrected chi connectivity index (χ0v) is 24.0. The Morgan fingerprint density at radius 2 is 1.88 bits per heavy atom. The monoisotopic (exact) mass is 543 g/mol. The predicted molar refractivity (Wildman–Crippen MR) is 158 cm³/mol. The highest BCUT2D eigenvalue weighted by atomic mass is 16.5. The minimum Gasteiger partial charge on any atom is -0.488 e. The maximum Gasteiger partial charge on any atom is 0.308 e. The number of rotatable bonds is 6. The predicted octanol–water partition coefficient (Wildman–Crippen LogP) is 5.64. The van der Waals surface area contributed by atoms with Crippen LogP contribution in [0, 0.1) is 19.8 Å². The van der Waals surface area contributed by atoms with E-state index in [9.17, 15) is 9.90 Å². The third-order valence-corrected chi connectivity index (χ3v) is 8.11. The molecule has 2 fully saturated rings. The molecule has 1 aromatic heterocycles. The molecule has 3 aliphatic heterocycles. The quantitative estimate of drug-likeness (QED) is 0.431. The lowest BCUT2D eigenvalue weighted by Crippen LogP contribution is -2.27. The average Bonchev–Trinajstić information content (AvgIpc) is 3.69. The number of aliphatic carboxylic acids is 1. The SMILES string of the molecule is C1CCOC1.Cc1cc(COc2c(C)cccc2-c2cccc(N3CCC(C(=O)O)C3)n2)cc2c1CN(C)CC2. The van der Waals surface area contributed by atoms with Crippen molar-refractivity contribution in [1.29, 1.82) is 0 Å². The lowest BCUT2D eigenvalue weighted by atomic mass is 9.93. The first kappa shape index (κ1) is 28.1. The normalized spacial score (nSPS) is 18.7. The van der Waals surface area contributed by atoms with Gasteiger partial charge in [0.2, 0.25) is 0 Å². The van der Waals surface area contributed by atoms with Gasteiger partial charge in [0.15, 0.2) is 0 Å². The lowest BCUT2D eigenvalue weighted by Gasteiger charge is -2.27. The summed E-state index contributed by atoms with van der Waals surface area (Å²) < 4.78 is 11.4. The average molecular weight is 544 g/mol. The molecule has 4 heterocycles. The van der Waals surface area contributed by atoms with Crippen molar-refractivity contribution in [1.82, 2.24) is 9.88 Å². The van der Waals surface area contributed by atoms with Crippen LogP contribution in [0.3, 0.4) is 0 Å². The van der Waals surface area contributed by atoms with E-state index in [2.05, 4.69) is 48.9 Å². The van der Waals surface area contributed by atoms with E-state index in [1.807, 2.05) is 30.3 Å². The van der Waals surface area contributed by atoms with Gasteiger partial charge < -0.3 is 24.4 Å². The number of likely N-dealkylation sites (N-methyl/N-ethyl adjacent to an activating group) is 1. The van der Waals surface area contributed by atoms with Crippen molar-refractivity contribution in [3.63, 3.8) is 0 Å². The van der Waals surface area contributed by atoms with Crippen LogP contribution in [0.1, 0.15) is 47.1 Å². The fourth-order valence-electron chi connectivity index (χ4n) is 5.79. The van der Waals surface area contributed by atoms with Crippen LogP contribution in [0.4, 0.5) is 5.82 Å². The van der Waals surface area contributed by atoms with E-state index in [4.69, 9.17) is 14.5 Å². The summed E-state index contributed by atoms with van der Waals surface area (Å²) in [5, 5.41) is 9.36. The first-order valence-corrected chi connectivity index (χ1v) is 14.4. The van der Waals surface area contributed by atoms with E-state index >= 15 is 0 Å². The Morgan fingerprint density at radius 1 is 1.07 bits per heavy atom. The molecule has 2 saturated heterocycles. The van der Waals surface area contributed by atoms with Crippen LogP contribution in [-0.4, -0.2) is 60.9 Å². The van der Waals surface area contributed by atoms with E-state index < -0.39 is 5.97 Å². The van der Waals surface area contributed by atoms with Crippen LogP contribution in [0.5, 0.6) is 5.75 Å². The van der Waals surface area contributed by atoms with Gasteiger partial charge in [0.25, 0.3) is 0 Å². The molecule has 7 heteroatoms. The number of hydrogen-bond donors (Lipinski definition) is 1. The molecular formula is C33H41N3O4. The number of pyridine rings is 1. The van der Waals surface area contributed by atoms with Crippen molar-refractivity contribution in [3.8, 4) is 17.0 Å². The van der Waals surface area contributed by atoms with Gasteiger partial charge in [0.1, 0.15) is 18.2 Å². The first-order valence-electron chi connectivity index (χ1n) is 14.4. The fourth-order valence-corrected chi connectivity index (χ4v) is 5.79. The topological polar surface area (TPSA) is 75.1 Å². The summed E-state index contributed by atoms with van der Waals surface area (Å²) in [6, 6.07) is 16.6. The second-order valence-corrected chi connectivity index (χ2v) is 11.2. The molecule has 1 unspecified atom stereocenters. The number of carboxylic acids is 1. The molecule has 40 heavy (non-hydrogen) atoms. The summed E-state index contributed by atoms with van der Waals surface area (Å²) in [6.07, 6.45) is 4.28. The molecule has 0 radical (unpaired) electrons. The summed E-state index contributed by atoms with van der Waals surface area (Å²) in [7, 11) is 2.18. The van der Waals surface area contributed by atoms with Crippen LogP contribution >= 0.6 is 0 Å². The van der Waals surface area contributed by atoms with Crippen molar-refractivity contribution in [3.05, 3.63) is 76.3 Å². The molecule has 1 N–H and O–H groups in total. The van der Waals surface area contributed by atoms with Crippen molar-refractivity contribution in [2.45, 2.75) is 52.7 Å². The van der Waals surface area contributed by atoms with Gasteiger partial charge in [0.05, 0.1) is 11.6 Å². The van der Waals surface area contributed by atoms with Crippen LogP contribution in [0.25, 0.3) is 11.3 Å². The summed E-state index contributed by atoms with van der Waals surface area (Å²) >= 11 is 0. The van der Waals surface area contributed by atoms with E-state index in [1.54, 1.807) is 0 Å². The Bertz CT molecular complexity index is 1330. The molecule has 0 aliphatic carbocycles. The van der Waals surface area contributed by atoms with Gasteiger partial charge in [-0.25, -0.2) is 4.98 Å². The van der Waals surface area contributed by atoms with E-state index in [0.717, 1.165) is 61.1 Å². The molecule has 212 valence electrons. The number of fused-ring (bicyclic) bond motifs is 1. The van der Waals surface area contributed by atoms with Crippen LogP contribution < -0.4 is 9.64 Å². The van der Waals surface area contributed by atoms with Gasteiger partial charge in [-0.3, -0.25) is 4.79 Å². The number of aromatic nitrogens is 1. The lowest BCUT2D eigenvalue weighted by molar-refractivity contribution is -0.140. The molecule has 0 saturated carbocycles. The van der Waals surface area contributed by atoms with Gasteiger partial charge in [-0.2, -0.15) is 0 Å². The molecule has 2 aromatic carbocycles. The Labute approximate surface area is 237 Å². The molecule has 3 aromatic rings. The number of anilines is 1. The van der Waals surface area contributed by atoms with Gasteiger partial charge in [0, 0.05) is 45.0 Å². The van der Waals surface area contributed by atoms with Crippen molar-refractivity contribution in [2.24, 2.45) is 5.92 Å². The largest absolute Gasteiger partial charge is 0.488 e. The number of hydrogen-bond acceptors (Lipinski definition) is 6. The molecule has 6 rings (SSSR count). The number of nitrogens with zero attached hydrogens (tertiary/aromatic N) is 3. The molecule has 3 aliphatic rings. The smallest absolute Gasteiger partial charge is 0.308 e. The minimum absolute atomic E-state index is 0.334. The van der Waals surface area contributed by atoms with Crippen LogP contribution in [-0.2, 0) is 29.1 Å². The second kappa shape index (κ2) is 12.8. The maximum atomic E-state index is 11.4. The zero-order chi connectivity index (χ0) is 28.1. The molecular weight excluding hydrogens is 502 g/mol. The maximum absolute atomic E-state index is 11.4. The first-order chi connectivity index (χ1) is 19.4. The number of carbonyl (C=O) groups is 1. The molecule has 0 spiro atoms. The van der Waals surface area contributed by atoms with Gasteiger partial charge >= 0.3 is 5.97 Å². The van der Waals surface area contributed by atoms with E-state index in [1.165, 1.54) is 35.1 Å². The molecule has 1 atom stereocenters. The van der Waals surface area contributed by atoms with Crippen molar-refractivity contribution < 1.29 is 19.4 Å². The Hall–Kier alpha value is -3.42. The highest BCUT2D eigenvalue weighted by molar-refractivity contribution is 5.73. The number of para-hydroxylation sites is 1. The molecule has 0 amide bonds. The standard InChI is InChI=1S/C29H33N3O3.C4H8O/c1-19-6-4-7-24(26-8-5-9-27(30-26)32-13-11-23(16-32)29(33)34)28(19)35-18-21-14-20(2)25-17-31(3)12-10-22(25)15-21;1-2-4-5-3-1/h4-9,14-15,23H,10-13,16-18H2,1-3H3,(H,33,34);1-4H2. The van der Waals surface area contributed by atoms with E-state index in [0.29, 0.717) is 26.1 Å². The number of carboxylic acid groups (broad SMARTS) is 1. The van der Waals surface area contributed by atoms with Gasteiger partial charge in [-0.1, -0.05) is 30.3 Å². The van der Waals surface area contributed by atoms with Crippen molar-refractivity contribution >= 4 is 11.8 Å². The third-order valence-electron chi connectivity index (χ3n) is 8.11. The Morgan fingerprint density at radius 3 is 2.60 bits per heavy atom. The number of ether oxygens (including phenoxy) is 2. The molecule has 0 bridgehead atoms. The highest BCUT2D eigenvalue weighted by Crippen LogP contribution is 2.34. The second-order valence-electron chi connectivity index (χ2n) is 11.2. The highest BCUT2D eigenvalue weighted by Gasteiger charge is 2.29. The van der Waals surface area contributed by atoms with E-state index in [-0.39, 0.29) is 5.92 Å². The number of benzene rings is 2. The zero-order valence-electron chi connectivity index (χ0n) is 24.0. The summed E-state index contributed by atoms with van der Waals surface area (Å²) in [4.78, 5) is 20.7. The Balaban J connectivity index is 0.000000582. The number of aryl methyl sites for hydroxylation is 2. The fraction of sp³-hybridized carbons (Fsp3) is 0.455. The summed E-state index contributed by atoms with van der Waals surface area (Å²) in [5.41, 5.74) is 8.27. The van der Waals surface area contributed by atoms with Gasteiger partial charge in [-0.05, 0) is 92.6 Å². The minimum atomic E-state index is -0.734. The third kappa shape index (κ3) is 6.65.